The standard InChI is InChI=1S/C14H27N3/c1-7-13-11(3)16-17(12(13)4)10-14(5,6)9-15-8-2/h15H,7-10H2,1-6H3. The van der Waals surface area contributed by atoms with E-state index in [1.54, 1.807) is 0 Å². The molecule has 1 aromatic rings. The van der Waals surface area contributed by atoms with Crippen molar-refractivity contribution >= 4 is 0 Å². The number of hydrogen-bond acceptors (Lipinski definition) is 2. The Morgan fingerprint density at radius 3 is 2.35 bits per heavy atom. The van der Waals surface area contributed by atoms with Gasteiger partial charge in [0, 0.05) is 18.8 Å². The van der Waals surface area contributed by atoms with Crippen molar-refractivity contribution in [2.45, 2.75) is 54.5 Å². The van der Waals surface area contributed by atoms with Gasteiger partial charge in [-0.1, -0.05) is 27.7 Å². The molecule has 0 aliphatic rings. The van der Waals surface area contributed by atoms with Crippen molar-refractivity contribution in [3.8, 4) is 0 Å². The van der Waals surface area contributed by atoms with E-state index in [1.807, 2.05) is 0 Å². The van der Waals surface area contributed by atoms with Gasteiger partial charge in [-0.3, -0.25) is 4.68 Å². The molecule has 1 heterocycles. The van der Waals surface area contributed by atoms with Crippen LogP contribution in [0.2, 0.25) is 0 Å². The van der Waals surface area contributed by atoms with Crippen molar-refractivity contribution < 1.29 is 0 Å². The average molecular weight is 237 g/mol. The van der Waals surface area contributed by atoms with Crippen molar-refractivity contribution in [3.05, 3.63) is 17.0 Å². The van der Waals surface area contributed by atoms with Crippen LogP contribution in [0, 0.1) is 19.3 Å². The molecule has 0 aliphatic heterocycles. The predicted octanol–water partition coefficient (Wildman–Crippen LogP) is 2.70. The third-order valence-corrected chi connectivity index (χ3v) is 3.32. The minimum absolute atomic E-state index is 0.240. The van der Waals surface area contributed by atoms with Crippen LogP contribution < -0.4 is 5.32 Å². The van der Waals surface area contributed by atoms with E-state index in [9.17, 15) is 0 Å². The molecule has 0 atom stereocenters. The molecular formula is C14H27N3. The molecule has 0 aromatic carbocycles. The molecule has 98 valence electrons. The van der Waals surface area contributed by atoms with Crippen LogP contribution in [0.5, 0.6) is 0 Å². The summed E-state index contributed by atoms with van der Waals surface area (Å²) < 4.78 is 2.17. The Balaban J connectivity index is 2.81. The summed E-state index contributed by atoms with van der Waals surface area (Å²) in [6, 6.07) is 0. The van der Waals surface area contributed by atoms with Gasteiger partial charge in [-0.05, 0) is 37.8 Å². The van der Waals surface area contributed by atoms with E-state index < -0.39 is 0 Å². The summed E-state index contributed by atoms with van der Waals surface area (Å²) in [4.78, 5) is 0. The smallest absolute Gasteiger partial charge is 0.0628 e. The Morgan fingerprint density at radius 1 is 1.24 bits per heavy atom. The highest BCUT2D eigenvalue weighted by molar-refractivity contribution is 5.24. The van der Waals surface area contributed by atoms with Crippen LogP contribution in [0.1, 0.15) is 44.6 Å². The van der Waals surface area contributed by atoms with E-state index in [0.717, 1.165) is 26.1 Å². The molecule has 17 heavy (non-hydrogen) atoms. The Hall–Kier alpha value is -0.830. The highest BCUT2D eigenvalue weighted by Gasteiger charge is 2.20. The van der Waals surface area contributed by atoms with Crippen LogP contribution in [0.15, 0.2) is 0 Å². The van der Waals surface area contributed by atoms with Crippen molar-refractivity contribution in [2.24, 2.45) is 5.41 Å². The summed E-state index contributed by atoms with van der Waals surface area (Å²) in [5, 5.41) is 8.09. The molecule has 0 spiro atoms. The van der Waals surface area contributed by atoms with E-state index in [-0.39, 0.29) is 5.41 Å². The van der Waals surface area contributed by atoms with E-state index >= 15 is 0 Å². The molecule has 3 nitrogen and oxygen atoms in total. The molecule has 0 radical (unpaired) electrons. The summed E-state index contributed by atoms with van der Waals surface area (Å²) in [6.45, 7) is 16.3. The third kappa shape index (κ3) is 3.56. The fourth-order valence-electron chi connectivity index (χ4n) is 2.32. The van der Waals surface area contributed by atoms with Gasteiger partial charge in [0.1, 0.15) is 0 Å². The minimum Gasteiger partial charge on any atom is -0.316 e. The van der Waals surface area contributed by atoms with Gasteiger partial charge in [0.05, 0.1) is 5.69 Å². The van der Waals surface area contributed by atoms with Gasteiger partial charge in [-0.25, -0.2) is 0 Å². The number of hydrogen-bond donors (Lipinski definition) is 1. The quantitative estimate of drug-likeness (QED) is 0.824. The highest BCUT2D eigenvalue weighted by atomic mass is 15.3. The molecule has 0 amide bonds. The molecule has 0 saturated heterocycles. The van der Waals surface area contributed by atoms with Gasteiger partial charge >= 0.3 is 0 Å². The maximum absolute atomic E-state index is 4.66. The van der Waals surface area contributed by atoms with Gasteiger partial charge in [0.2, 0.25) is 0 Å². The third-order valence-electron chi connectivity index (χ3n) is 3.32. The first-order valence-electron chi connectivity index (χ1n) is 6.65. The second-order valence-electron chi connectivity index (χ2n) is 5.61. The van der Waals surface area contributed by atoms with Gasteiger partial charge < -0.3 is 5.32 Å². The lowest BCUT2D eigenvalue weighted by atomic mass is 9.93. The molecule has 3 heteroatoms. The largest absolute Gasteiger partial charge is 0.316 e. The zero-order valence-electron chi connectivity index (χ0n) is 12.2. The molecule has 0 saturated carbocycles. The lowest BCUT2D eigenvalue weighted by molar-refractivity contribution is 0.275. The van der Waals surface area contributed by atoms with Crippen molar-refractivity contribution in [1.29, 1.82) is 0 Å². The van der Waals surface area contributed by atoms with Crippen molar-refractivity contribution in [2.75, 3.05) is 13.1 Å². The first-order valence-corrected chi connectivity index (χ1v) is 6.65. The van der Waals surface area contributed by atoms with Crippen LogP contribution in [-0.4, -0.2) is 22.9 Å². The zero-order valence-corrected chi connectivity index (χ0v) is 12.2. The second kappa shape index (κ2) is 5.67. The van der Waals surface area contributed by atoms with Gasteiger partial charge in [0.15, 0.2) is 0 Å². The maximum Gasteiger partial charge on any atom is 0.0628 e. The van der Waals surface area contributed by atoms with Crippen molar-refractivity contribution in [1.82, 2.24) is 15.1 Å². The monoisotopic (exact) mass is 237 g/mol. The van der Waals surface area contributed by atoms with E-state index in [0.29, 0.717) is 0 Å². The fraction of sp³-hybridized carbons (Fsp3) is 0.786. The Bertz CT molecular complexity index is 364. The van der Waals surface area contributed by atoms with Gasteiger partial charge in [0.25, 0.3) is 0 Å². The van der Waals surface area contributed by atoms with Crippen molar-refractivity contribution in [3.63, 3.8) is 0 Å². The van der Waals surface area contributed by atoms with Crippen LogP contribution in [0.25, 0.3) is 0 Å². The predicted molar refractivity (Wildman–Crippen MR) is 73.4 cm³/mol. The maximum atomic E-state index is 4.66. The molecule has 1 N–H and O–H groups in total. The molecule has 0 bridgehead atoms. The summed E-state index contributed by atoms with van der Waals surface area (Å²) in [5.74, 6) is 0. The fourth-order valence-corrected chi connectivity index (χ4v) is 2.32. The first-order chi connectivity index (χ1) is 7.91. The number of aromatic nitrogens is 2. The van der Waals surface area contributed by atoms with Crippen LogP contribution in [-0.2, 0) is 13.0 Å². The molecule has 1 rings (SSSR count). The number of rotatable bonds is 6. The molecule has 0 fully saturated rings. The Morgan fingerprint density at radius 2 is 1.88 bits per heavy atom. The van der Waals surface area contributed by atoms with E-state index in [1.165, 1.54) is 17.0 Å². The second-order valence-corrected chi connectivity index (χ2v) is 5.61. The van der Waals surface area contributed by atoms with Gasteiger partial charge in [-0.2, -0.15) is 5.10 Å². The van der Waals surface area contributed by atoms with Crippen LogP contribution in [0.4, 0.5) is 0 Å². The summed E-state index contributed by atoms with van der Waals surface area (Å²) >= 11 is 0. The number of aryl methyl sites for hydroxylation is 1. The van der Waals surface area contributed by atoms with E-state index in [2.05, 4.69) is 56.6 Å². The summed E-state index contributed by atoms with van der Waals surface area (Å²) in [5.41, 5.74) is 4.16. The Labute approximate surface area is 106 Å². The lowest BCUT2D eigenvalue weighted by Gasteiger charge is -2.25. The first kappa shape index (κ1) is 14.2. The summed E-state index contributed by atoms with van der Waals surface area (Å²) in [7, 11) is 0. The highest BCUT2D eigenvalue weighted by Crippen LogP contribution is 2.21. The van der Waals surface area contributed by atoms with Crippen LogP contribution >= 0.6 is 0 Å². The van der Waals surface area contributed by atoms with E-state index in [4.69, 9.17) is 0 Å². The normalized spacial score (nSPS) is 12.1. The van der Waals surface area contributed by atoms with Crippen LogP contribution in [0.3, 0.4) is 0 Å². The molecule has 0 unspecified atom stereocenters. The number of nitrogens with one attached hydrogen (secondary N) is 1. The minimum atomic E-state index is 0.240. The lowest BCUT2D eigenvalue weighted by Crippen LogP contribution is -2.33. The number of nitrogens with zero attached hydrogens (tertiary/aromatic N) is 2. The summed E-state index contributed by atoms with van der Waals surface area (Å²) in [6.07, 6.45) is 1.07. The topological polar surface area (TPSA) is 29.9 Å². The zero-order chi connectivity index (χ0) is 13.1. The SMILES string of the molecule is CCNCC(C)(C)Cn1nc(C)c(CC)c1C. The molecule has 0 aliphatic carbocycles. The van der Waals surface area contributed by atoms with Gasteiger partial charge in [-0.15, -0.1) is 0 Å². The molecule has 1 aromatic heterocycles. The average Bonchev–Trinajstić information content (AvgIpc) is 2.50. The Kier molecular flexibility index (Phi) is 4.75. The molecular weight excluding hydrogens is 210 g/mol.